The Bertz CT molecular complexity index is 2390. The Morgan fingerprint density at radius 3 is 1.16 bits per heavy atom. The van der Waals surface area contributed by atoms with Gasteiger partial charge in [0.1, 0.15) is 0 Å². The molecule has 4 aromatic heterocycles. The van der Waals surface area contributed by atoms with Crippen molar-refractivity contribution in [1.29, 1.82) is 0 Å². The first-order chi connectivity index (χ1) is 26.6. The fraction of sp³-hybridized carbons (Fsp3) is 0.0811. The maximum absolute atomic E-state index is 15.6. The molecule has 0 saturated carbocycles. The van der Waals surface area contributed by atoms with E-state index in [0.717, 1.165) is 30.6 Å². The molecule has 0 aliphatic carbocycles. The summed E-state index contributed by atoms with van der Waals surface area (Å²) in [5.41, 5.74) is -6.70. The molecule has 0 bridgehead atoms. The zero-order valence-electron chi connectivity index (χ0n) is 27.2. The van der Waals surface area contributed by atoms with Crippen LogP contribution in [0.15, 0.2) is 61.2 Å². The average molecular weight is 803 g/mol. The van der Waals surface area contributed by atoms with Gasteiger partial charge in [-0.2, -0.15) is 0 Å². The number of halogens is 15. The number of aromatic nitrogens is 4. The van der Waals surface area contributed by atoms with Gasteiger partial charge in [-0.25, -0.2) is 65.9 Å². The van der Waals surface area contributed by atoms with E-state index in [9.17, 15) is 39.5 Å². The molecule has 56 heavy (non-hydrogen) atoms. The number of aromatic amines is 4. The third kappa shape index (κ3) is 5.83. The summed E-state index contributed by atoms with van der Waals surface area (Å²) in [6.45, 7) is 0. The number of H-pyrrole nitrogens is 4. The lowest BCUT2D eigenvalue weighted by Crippen LogP contribution is -2.16. The van der Waals surface area contributed by atoms with E-state index in [1.807, 2.05) is 0 Å². The molecular weight excluding hydrogens is 785 g/mol. The van der Waals surface area contributed by atoms with Crippen LogP contribution in [0.5, 0.6) is 0 Å². The van der Waals surface area contributed by atoms with Crippen LogP contribution in [0.4, 0.5) is 65.9 Å². The zero-order valence-corrected chi connectivity index (χ0v) is 27.2. The van der Waals surface area contributed by atoms with Crippen LogP contribution >= 0.6 is 0 Å². The number of hydrogen-bond donors (Lipinski definition) is 4. The van der Waals surface area contributed by atoms with Crippen molar-refractivity contribution in [3.05, 3.63) is 199 Å². The molecule has 4 heterocycles. The zero-order chi connectivity index (χ0) is 40.5. The average Bonchev–Trinajstić information content (AvgIpc) is 4.04. The van der Waals surface area contributed by atoms with Crippen LogP contribution in [0, 0.1) is 87.3 Å². The second-order valence-electron chi connectivity index (χ2n) is 12.3. The predicted molar refractivity (Wildman–Crippen MR) is 165 cm³/mol. The lowest BCUT2D eigenvalue weighted by molar-refractivity contribution is 0.368. The van der Waals surface area contributed by atoms with E-state index in [1.54, 1.807) is 0 Å². The molecule has 0 aliphatic heterocycles. The summed E-state index contributed by atoms with van der Waals surface area (Å²) in [5.74, 6) is -41.6. The van der Waals surface area contributed by atoms with E-state index in [-0.39, 0.29) is 11.3 Å². The minimum Gasteiger partial charge on any atom is -0.367 e. The van der Waals surface area contributed by atoms with Crippen molar-refractivity contribution in [3.8, 4) is 0 Å². The van der Waals surface area contributed by atoms with Crippen molar-refractivity contribution >= 4 is 0 Å². The first kappa shape index (κ1) is 38.0. The van der Waals surface area contributed by atoms with Gasteiger partial charge in [0, 0.05) is 64.3 Å². The van der Waals surface area contributed by atoms with Gasteiger partial charge in [-0.3, -0.25) is 0 Å². The first-order valence-corrected chi connectivity index (χ1v) is 15.7. The largest absolute Gasteiger partial charge is 0.367 e. The predicted octanol–water partition coefficient (Wildman–Crippen LogP) is 10.6. The highest BCUT2D eigenvalue weighted by atomic mass is 19.2. The van der Waals surface area contributed by atoms with Crippen LogP contribution in [0.25, 0.3) is 0 Å². The van der Waals surface area contributed by atoms with Gasteiger partial charge >= 0.3 is 0 Å². The third-order valence-corrected chi connectivity index (χ3v) is 9.21. The summed E-state index contributed by atoms with van der Waals surface area (Å²) in [5, 5.41) is 0. The fourth-order valence-corrected chi connectivity index (χ4v) is 6.68. The number of rotatable bonds is 9. The van der Waals surface area contributed by atoms with Gasteiger partial charge in [-0.15, -0.1) is 0 Å². The van der Waals surface area contributed by atoms with Crippen molar-refractivity contribution in [1.82, 2.24) is 19.9 Å². The van der Waals surface area contributed by atoms with Crippen LogP contribution < -0.4 is 0 Å². The molecule has 0 spiro atoms. The van der Waals surface area contributed by atoms with Crippen molar-refractivity contribution in [2.24, 2.45) is 0 Å². The molecule has 0 saturated heterocycles. The Balaban J connectivity index is 1.46. The maximum atomic E-state index is 15.6. The van der Waals surface area contributed by atoms with Gasteiger partial charge < -0.3 is 19.9 Å². The summed E-state index contributed by atoms with van der Waals surface area (Å²) < 4.78 is 222. The lowest BCUT2D eigenvalue weighted by atomic mass is 9.87. The molecule has 19 heteroatoms. The Labute approximate surface area is 302 Å². The SMILES string of the molecule is Fc1c(F)c(F)c(C(c2c[nH]c(C(c3ccc(C(c4cc[nH]c4)c4c(F)c(F)c(F)c(F)c4F)[nH]3)c3c(F)c(F)c(F)c(F)c3F)c2)c2ccc[nH]2)c(F)c1F. The van der Waals surface area contributed by atoms with E-state index in [2.05, 4.69) is 19.9 Å². The number of hydrogen-bond acceptors (Lipinski definition) is 0. The molecule has 0 fully saturated rings. The highest BCUT2D eigenvalue weighted by Gasteiger charge is 2.38. The number of benzene rings is 3. The van der Waals surface area contributed by atoms with E-state index in [4.69, 9.17) is 0 Å². The summed E-state index contributed by atoms with van der Waals surface area (Å²) in [6.07, 6.45) is 4.40. The summed E-state index contributed by atoms with van der Waals surface area (Å²) in [7, 11) is 0. The van der Waals surface area contributed by atoms with E-state index in [0.29, 0.717) is 0 Å². The molecule has 0 aliphatic rings. The monoisotopic (exact) mass is 802 g/mol. The molecular formula is C37H17F15N4. The summed E-state index contributed by atoms with van der Waals surface area (Å²) >= 11 is 0. The van der Waals surface area contributed by atoms with Crippen molar-refractivity contribution in [2.75, 3.05) is 0 Å². The molecule has 3 aromatic carbocycles. The molecule has 0 radical (unpaired) electrons. The smallest absolute Gasteiger partial charge is 0.200 e. The van der Waals surface area contributed by atoms with Gasteiger partial charge in [0.25, 0.3) is 0 Å². The summed E-state index contributed by atoms with van der Waals surface area (Å²) in [4.78, 5) is 10.1. The third-order valence-electron chi connectivity index (χ3n) is 9.21. The van der Waals surface area contributed by atoms with Gasteiger partial charge in [0.15, 0.2) is 69.8 Å². The van der Waals surface area contributed by atoms with Crippen molar-refractivity contribution < 1.29 is 65.9 Å². The topological polar surface area (TPSA) is 63.2 Å². The Morgan fingerprint density at radius 2 is 0.750 bits per heavy atom. The molecule has 0 amide bonds. The minimum atomic E-state index is -2.57. The molecule has 3 unspecified atom stereocenters. The normalized spacial score (nSPS) is 13.4. The van der Waals surface area contributed by atoms with Crippen molar-refractivity contribution in [3.63, 3.8) is 0 Å². The fourth-order valence-electron chi connectivity index (χ4n) is 6.68. The maximum Gasteiger partial charge on any atom is 0.200 e. The molecule has 290 valence electrons. The Kier molecular flexibility index (Phi) is 9.57. The van der Waals surface area contributed by atoms with Gasteiger partial charge in [0.05, 0.1) is 17.8 Å². The van der Waals surface area contributed by atoms with Crippen LogP contribution in [0.2, 0.25) is 0 Å². The highest BCUT2D eigenvalue weighted by Crippen LogP contribution is 2.43. The molecule has 4 N–H and O–H groups in total. The van der Waals surface area contributed by atoms with Crippen LogP contribution in [-0.4, -0.2) is 19.9 Å². The van der Waals surface area contributed by atoms with Gasteiger partial charge in [-0.05, 0) is 47.5 Å². The molecule has 4 nitrogen and oxygen atoms in total. The second kappa shape index (κ2) is 14.1. The van der Waals surface area contributed by atoms with Gasteiger partial charge in [0.2, 0.25) is 17.5 Å². The quantitative estimate of drug-likeness (QED) is 0.0638. The Morgan fingerprint density at radius 1 is 0.339 bits per heavy atom. The van der Waals surface area contributed by atoms with Gasteiger partial charge in [-0.1, -0.05) is 0 Å². The van der Waals surface area contributed by atoms with E-state index in [1.165, 1.54) is 30.6 Å². The number of nitrogens with one attached hydrogen (secondary N) is 4. The van der Waals surface area contributed by atoms with Crippen LogP contribution in [-0.2, 0) is 0 Å². The van der Waals surface area contributed by atoms with E-state index < -0.39 is 144 Å². The van der Waals surface area contributed by atoms with Crippen LogP contribution in [0.1, 0.15) is 68.3 Å². The first-order valence-electron chi connectivity index (χ1n) is 15.7. The second-order valence-corrected chi connectivity index (χ2v) is 12.3. The van der Waals surface area contributed by atoms with Crippen molar-refractivity contribution in [2.45, 2.75) is 17.8 Å². The van der Waals surface area contributed by atoms with E-state index >= 15 is 26.3 Å². The lowest BCUT2D eigenvalue weighted by Gasteiger charge is -2.20. The standard InChI is InChI=1S/C37H17F15N4/c38-23-20(24(39)30(45)35(50)29(23)44)17(11-5-7-53-9-11)14-3-4-15(56-14)19(22-27(42)33(48)37(52)34(49)28(22)43)16-8-12(10-55-16)18(13-2-1-6-54-13)21-25(40)31(46)36(51)32(47)26(21)41/h1-10,17-19,53-56H. The molecule has 7 rings (SSSR count). The molecule has 3 atom stereocenters. The molecule has 7 aromatic rings. The summed E-state index contributed by atoms with van der Waals surface area (Å²) in [6, 6.07) is 6.34. The van der Waals surface area contributed by atoms with Crippen LogP contribution in [0.3, 0.4) is 0 Å². The highest BCUT2D eigenvalue weighted by molar-refractivity contribution is 5.49. The Hall–Kier alpha value is -6.27. The minimum absolute atomic E-state index is 0.145.